The summed E-state index contributed by atoms with van der Waals surface area (Å²) >= 11 is 0. The fourth-order valence-corrected chi connectivity index (χ4v) is 2.41. The number of benzene rings is 2. The molecule has 0 bridgehead atoms. The Morgan fingerprint density at radius 1 is 1.13 bits per heavy atom. The molecule has 23 heavy (non-hydrogen) atoms. The number of para-hydroxylation sites is 1. The molecule has 0 saturated carbocycles. The molecule has 0 N–H and O–H groups in total. The monoisotopic (exact) mass is 302 g/mol. The van der Waals surface area contributed by atoms with Crippen LogP contribution < -0.4 is 0 Å². The molecule has 3 aromatic rings. The van der Waals surface area contributed by atoms with E-state index in [1.807, 2.05) is 36.4 Å². The van der Waals surface area contributed by atoms with Gasteiger partial charge >= 0.3 is 0 Å². The van der Waals surface area contributed by atoms with Crippen LogP contribution >= 0.6 is 0 Å². The minimum Gasteiger partial charge on any atom is -0.288 e. The summed E-state index contributed by atoms with van der Waals surface area (Å²) in [6.07, 6.45) is 0. The number of ketones is 1. The first-order chi connectivity index (χ1) is 11.2. The van der Waals surface area contributed by atoms with E-state index in [0.29, 0.717) is 17.7 Å². The SMILES string of the molecule is C/C(Cn1nnc2ccccc21)=C(/C#N)C(=O)c1ccccc1. The Bertz CT molecular complexity index is 932. The van der Waals surface area contributed by atoms with E-state index in [2.05, 4.69) is 10.3 Å². The first-order valence-electron chi connectivity index (χ1n) is 7.18. The summed E-state index contributed by atoms with van der Waals surface area (Å²) in [6.45, 7) is 2.12. The number of hydrogen-bond donors (Lipinski definition) is 0. The van der Waals surface area contributed by atoms with Crippen molar-refractivity contribution in [3.63, 3.8) is 0 Å². The number of allylic oxidation sites excluding steroid dienone is 2. The number of hydrogen-bond acceptors (Lipinski definition) is 4. The van der Waals surface area contributed by atoms with Gasteiger partial charge in [0.25, 0.3) is 0 Å². The first-order valence-corrected chi connectivity index (χ1v) is 7.18. The van der Waals surface area contributed by atoms with Gasteiger partial charge < -0.3 is 0 Å². The van der Waals surface area contributed by atoms with Crippen molar-refractivity contribution >= 4 is 16.8 Å². The van der Waals surface area contributed by atoms with Crippen molar-refractivity contribution in [3.05, 3.63) is 71.3 Å². The van der Waals surface area contributed by atoms with Crippen molar-refractivity contribution < 1.29 is 4.79 Å². The van der Waals surface area contributed by atoms with Crippen LogP contribution in [0.2, 0.25) is 0 Å². The maximum Gasteiger partial charge on any atom is 0.203 e. The molecule has 0 fully saturated rings. The molecule has 5 heteroatoms. The molecule has 0 aliphatic heterocycles. The van der Waals surface area contributed by atoms with E-state index in [9.17, 15) is 10.1 Å². The van der Waals surface area contributed by atoms with Gasteiger partial charge in [-0.05, 0) is 24.6 Å². The van der Waals surface area contributed by atoms with Gasteiger partial charge in [0.15, 0.2) is 0 Å². The third-order valence-corrected chi connectivity index (χ3v) is 3.61. The highest BCUT2D eigenvalue weighted by Crippen LogP contribution is 2.16. The number of nitriles is 1. The van der Waals surface area contributed by atoms with E-state index in [4.69, 9.17) is 0 Å². The second-order valence-corrected chi connectivity index (χ2v) is 5.20. The van der Waals surface area contributed by atoms with Crippen molar-refractivity contribution in [1.82, 2.24) is 15.0 Å². The number of nitrogens with zero attached hydrogens (tertiary/aromatic N) is 4. The summed E-state index contributed by atoms with van der Waals surface area (Å²) in [5.41, 5.74) is 2.98. The molecule has 0 spiro atoms. The number of Topliss-reactive ketones (excluding diaryl/α,β-unsaturated/α-hetero) is 1. The van der Waals surface area contributed by atoms with Gasteiger partial charge in [0, 0.05) is 5.56 Å². The Labute approximate surface area is 133 Å². The molecule has 3 rings (SSSR count). The van der Waals surface area contributed by atoms with E-state index in [1.54, 1.807) is 35.9 Å². The second-order valence-electron chi connectivity index (χ2n) is 5.20. The van der Waals surface area contributed by atoms with Crippen molar-refractivity contribution in [2.75, 3.05) is 0 Å². The van der Waals surface area contributed by atoms with Crippen LogP contribution in [-0.2, 0) is 6.54 Å². The van der Waals surface area contributed by atoms with Crippen LogP contribution in [-0.4, -0.2) is 20.8 Å². The number of carbonyl (C=O) groups is 1. The molecule has 1 aromatic heterocycles. The normalized spacial score (nSPS) is 11.8. The van der Waals surface area contributed by atoms with Crippen LogP contribution in [0.5, 0.6) is 0 Å². The Morgan fingerprint density at radius 3 is 2.57 bits per heavy atom. The molecule has 1 heterocycles. The fraction of sp³-hybridized carbons (Fsp3) is 0.111. The number of fused-ring (bicyclic) bond motifs is 1. The predicted octanol–water partition coefficient (Wildman–Crippen LogP) is 3.15. The van der Waals surface area contributed by atoms with Crippen LogP contribution in [0.1, 0.15) is 17.3 Å². The van der Waals surface area contributed by atoms with Crippen molar-refractivity contribution in [3.8, 4) is 6.07 Å². The Hall–Kier alpha value is -3.26. The van der Waals surface area contributed by atoms with E-state index < -0.39 is 0 Å². The third-order valence-electron chi connectivity index (χ3n) is 3.61. The summed E-state index contributed by atoms with van der Waals surface area (Å²) in [5, 5.41) is 17.6. The van der Waals surface area contributed by atoms with Crippen LogP contribution in [0.4, 0.5) is 0 Å². The van der Waals surface area contributed by atoms with Gasteiger partial charge in [-0.2, -0.15) is 5.26 Å². The topological polar surface area (TPSA) is 71.6 Å². The highest BCUT2D eigenvalue weighted by molar-refractivity contribution is 6.11. The lowest BCUT2D eigenvalue weighted by atomic mass is 10.0. The number of aromatic nitrogens is 3. The Morgan fingerprint density at radius 2 is 1.83 bits per heavy atom. The van der Waals surface area contributed by atoms with Crippen LogP contribution in [0.25, 0.3) is 11.0 Å². The molecule has 0 saturated heterocycles. The minimum absolute atomic E-state index is 0.149. The van der Waals surface area contributed by atoms with Gasteiger partial charge in [-0.1, -0.05) is 47.7 Å². The predicted molar refractivity (Wildman–Crippen MR) is 86.6 cm³/mol. The summed E-state index contributed by atoms with van der Waals surface area (Å²) in [5.74, 6) is -0.268. The van der Waals surface area contributed by atoms with E-state index in [0.717, 1.165) is 11.0 Å². The Kier molecular flexibility index (Phi) is 3.98. The third kappa shape index (κ3) is 2.87. The van der Waals surface area contributed by atoms with E-state index in [-0.39, 0.29) is 11.4 Å². The Balaban J connectivity index is 1.96. The lowest BCUT2D eigenvalue weighted by Crippen LogP contribution is -2.09. The van der Waals surface area contributed by atoms with Crippen molar-refractivity contribution in [1.29, 1.82) is 5.26 Å². The summed E-state index contributed by atoms with van der Waals surface area (Å²) in [6, 6.07) is 18.4. The maximum absolute atomic E-state index is 12.5. The minimum atomic E-state index is -0.268. The smallest absolute Gasteiger partial charge is 0.203 e. The van der Waals surface area contributed by atoms with Gasteiger partial charge in [-0.25, -0.2) is 4.68 Å². The quantitative estimate of drug-likeness (QED) is 0.421. The van der Waals surface area contributed by atoms with Crippen LogP contribution in [0.3, 0.4) is 0 Å². The average Bonchev–Trinajstić information content (AvgIpc) is 2.99. The standard InChI is InChI=1S/C18H14N4O/c1-13(12-22-17-10-6-5-9-16(17)20-21-22)15(11-19)18(23)14-7-3-2-4-8-14/h2-10H,12H2,1H3/b15-13+. The van der Waals surface area contributed by atoms with Crippen molar-refractivity contribution in [2.24, 2.45) is 0 Å². The van der Waals surface area contributed by atoms with Crippen LogP contribution in [0.15, 0.2) is 65.7 Å². The lowest BCUT2D eigenvalue weighted by molar-refractivity contribution is 0.103. The molecular formula is C18H14N4O. The van der Waals surface area contributed by atoms with Gasteiger partial charge in [-0.3, -0.25) is 4.79 Å². The molecule has 0 aliphatic carbocycles. The highest BCUT2D eigenvalue weighted by atomic mass is 16.1. The van der Waals surface area contributed by atoms with E-state index >= 15 is 0 Å². The largest absolute Gasteiger partial charge is 0.288 e. The molecule has 112 valence electrons. The molecular weight excluding hydrogens is 288 g/mol. The zero-order valence-corrected chi connectivity index (χ0v) is 12.6. The second kappa shape index (κ2) is 6.24. The maximum atomic E-state index is 12.5. The zero-order valence-electron chi connectivity index (χ0n) is 12.6. The van der Waals surface area contributed by atoms with Gasteiger partial charge in [0.1, 0.15) is 17.2 Å². The molecule has 5 nitrogen and oxygen atoms in total. The summed E-state index contributed by atoms with van der Waals surface area (Å²) in [4.78, 5) is 12.5. The fourth-order valence-electron chi connectivity index (χ4n) is 2.41. The molecule has 0 radical (unpaired) electrons. The summed E-state index contributed by atoms with van der Waals surface area (Å²) in [7, 11) is 0. The van der Waals surface area contributed by atoms with Gasteiger partial charge in [-0.15, -0.1) is 5.10 Å². The number of rotatable bonds is 4. The zero-order chi connectivity index (χ0) is 16.2. The lowest BCUT2D eigenvalue weighted by Gasteiger charge is -2.06. The van der Waals surface area contributed by atoms with Gasteiger partial charge in [0.05, 0.1) is 12.1 Å². The van der Waals surface area contributed by atoms with Crippen LogP contribution in [0, 0.1) is 11.3 Å². The molecule has 0 amide bonds. The summed E-state index contributed by atoms with van der Waals surface area (Å²) < 4.78 is 1.69. The molecule has 2 aromatic carbocycles. The molecule has 0 aliphatic rings. The molecule has 0 atom stereocenters. The van der Waals surface area contributed by atoms with E-state index in [1.165, 1.54) is 0 Å². The number of carbonyl (C=O) groups excluding carboxylic acids is 1. The highest BCUT2D eigenvalue weighted by Gasteiger charge is 2.16. The first kappa shape index (κ1) is 14.7. The molecule has 0 unspecified atom stereocenters. The van der Waals surface area contributed by atoms with Gasteiger partial charge in [0.2, 0.25) is 5.78 Å². The van der Waals surface area contributed by atoms with Crippen molar-refractivity contribution in [2.45, 2.75) is 13.5 Å². The average molecular weight is 302 g/mol.